The Labute approximate surface area is 151 Å². The molecule has 0 unspecified atom stereocenters. The van der Waals surface area contributed by atoms with Crippen LogP contribution in [0.15, 0.2) is 60.7 Å². The monoisotopic (exact) mass is 349 g/mol. The molecule has 0 saturated heterocycles. The van der Waals surface area contributed by atoms with Gasteiger partial charge in [0.1, 0.15) is 12.3 Å². The molecule has 6 nitrogen and oxygen atoms in total. The van der Waals surface area contributed by atoms with Gasteiger partial charge in [0.2, 0.25) is 0 Å². The van der Waals surface area contributed by atoms with Crippen molar-refractivity contribution in [2.24, 2.45) is 0 Å². The van der Waals surface area contributed by atoms with E-state index >= 15 is 0 Å². The van der Waals surface area contributed by atoms with Crippen LogP contribution in [0, 0.1) is 0 Å². The summed E-state index contributed by atoms with van der Waals surface area (Å²) in [5.74, 6) is 1.30. The maximum absolute atomic E-state index is 12.7. The number of nitrogens with zero attached hydrogens (tertiary/aromatic N) is 2. The molecule has 0 radical (unpaired) electrons. The molecular formula is C20H19N3O3. The Bertz CT molecular complexity index is 907. The summed E-state index contributed by atoms with van der Waals surface area (Å²) < 4.78 is 11.6. The van der Waals surface area contributed by atoms with E-state index in [1.54, 1.807) is 18.0 Å². The number of aromatic amines is 1. The van der Waals surface area contributed by atoms with Gasteiger partial charge in [-0.2, -0.15) is 5.10 Å². The van der Waals surface area contributed by atoms with Gasteiger partial charge < -0.3 is 14.4 Å². The first-order valence-corrected chi connectivity index (χ1v) is 8.45. The van der Waals surface area contributed by atoms with Crippen LogP contribution in [0.5, 0.6) is 11.5 Å². The van der Waals surface area contributed by atoms with E-state index in [4.69, 9.17) is 9.47 Å². The molecule has 0 fully saturated rings. The number of carbonyl (C=O) groups is 1. The van der Waals surface area contributed by atoms with Gasteiger partial charge in [-0.3, -0.25) is 9.89 Å². The van der Waals surface area contributed by atoms with Gasteiger partial charge in [0.05, 0.1) is 12.2 Å². The summed E-state index contributed by atoms with van der Waals surface area (Å²) in [5.41, 5.74) is 2.16. The first-order chi connectivity index (χ1) is 12.7. The van der Waals surface area contributed by atoms with Gasteiger partial charge in [0.15, 0.2) is 17.6 Å². The molecule has 1 N–H and O–H groups in total. The lowest BCUT2D eigenvalue weighted by Crippen LogP contribution is -2.41. The van der Waals surface area contributed by atoms with Crippen molar-refractivity contribution in [3.05, 3.63) is 66.4 Å². The molecule has 6 heteroatoms. The highest BCUT2D eigenvalue weighted by Crippen LogP contribution is 2.31. The number of para-hydroxylation sites is 2. The first kappa shape index (κ1) is 16.2. The van der Waals surface area contributed by atoms with Crippen LogP contribution < -0.4 is 9.47 Å². The molecule has 1 amide bonds. The Morgan fingerprint density at radius 2 is 1.88 bits per heavy atom. The third-order valence-electron chi connectivity index (χ3n) is 4.27. The number of rotatable bonds is 4. The highest BCUT2D eigenvalue weighted by Gasteiger charge is 2.25. The van der Waals surface area contributed by atoms with Crippen molar-refractivity contribution in [1.82, 2.24) is 15.1 Å². The van der Waals surface area contributed by atoms with Gasteiger partial charge in [-0.15, -0.1) is 0 Å². The second-order valence-electron chi connectivity index (χ2n) is 6.22. The van der Waals surface area contributed by atoms with Gasteiger partial charge in [0, 0.05) is 12.6 Å². The van der Waals surface area contributed by atoms with Crippen molar-refractivity contribution in [2.45, 2.75) is 6.10 Å². The SMILES string of the molecule is CN(C[C@H]1COc2ccccc2O1)C(=O)c1cc(-c2ccccc2)n[nH]1. The van der Waals surface area contributed by atoms with E-state index in [9.17, 15) is 4.79 Å². The molecule has 2 aromatic carbocycles. The summed E-state index contributed by atoms with van der Waals surface area (Å²) in [4.78, 5) is 14.3. The molecule has 1 aliphatic heterocycles. The number of likely N-dealkylation sites (N-methyl/N-ethyl adjacent to an activating group) is 1. The summed E-state index contributed by atoms with van der Waals surface area (Å²) in [5, 5.41) is 7.06. The lowest BCUT2D eigenvalue weighted by atomic mass is 10.1. The van der Waals surface area contributed by atoms with Gasteiger partial charge in [-0.05, 0) is 18.2 Å². The fourth-order valence-electron chi connectivity index (χ4n) is 2.94. The fourth-order valence-corrected chi connectivity index (χ4v) is 2.94. The Hall–Kier alpha value is -3.28. The van der Waals surface area contributed by atoms with E-state index in [0.29, 0.717) is 24.6 Å². The number of ether oxygens (including phenoxy) is 2. The third kappa shape index (κ3) is 3.26. The van der Waals surface area contributed by atoms with Crippen molar-refractivity contribution in [1.29, 1.82) is 0 Å². The fraction of sp³-hybridized carbons (Fsp3) is 0.200. The summed E-state index contributed by atoms with van der Waals surface area (Å²) in [7, 11) is 1.75. The van der Waals surface area contributed by atoms with E-state index in [2.05, 4.69) is 10.2 Å². The standard InChI is InChI=1S/C20H19N3O3/c1-23(12-15-13-25-18-9-5-6-10-19(18)26-15)20(24)17-11-16(21-22-17)14-7-3-2-4-8-14/h2-11,15H,12-13H2,1H3,(H,21,22)/t15-/m0/s1. The normalized spacial score (nSPS) is 15.5. The maximum Gasteiger partial charge on any atom is 0.271 e. The smallest absolute Gasteiger partial charge is 0.271 e. The molecule has 1 atom stereocenters. The van der Waals surface area contributed by atoms with Crippen LogP contribution in [-0.2, 0) is 0 Å². The van der Waals surface area contributed by atoms with Crippen molar-refractivity contribution >= 4 is 5.91 Å². The van der Waals surface area contributed by atoms with E-state index in [1.165, 1.54) is 0 Å². The summed E-state index contributed by atoms with van der Waals surface area (Å²) in [6, 6.07) is 19.0. The zero-order chi connectivity index (χ0) is 17.9. The highest BCUT2D eigenvalue weighted by atomic mass is 16.6. The molecule has 2 heterocycles. The van der Waals surface area contributed by atoms with Gasteiger partial charge in [-0.25, -0.2) is 0 Å². The number of nitrogens with one attached hydrogen (secondary N) is 1. The van der Waals surface area contributed by atoms with Crippen molar-refractivity contribution in [3.8, 4) is 22.8 Å². The molecule has 132 valence electrons. The number of hydrogen-bond donors (Lipinski definition) is 1. The average Bonchev–Trinajstić information content (AvgIpc) is 3.18. The van der Waals surface area contributed by atoms with E-state index in [0.717, 1.165) is 17.0 Å². The lowest BCUT2D eigenvalue weighted by molar-refractivity contribution is 0.0517. The molecule has 1 aromatic heterocycles. The molecule has 0 bridgehead atoms. The minimum absolute atomic E-state index is 0.137. The topological polar surface area (TPSA) is 67.5 Å². The highest BCUT2D eigenvalue weighted by molar-refractivity contribution is 5.93. The minimum Gasteiger partial charge on any atom is -0.486 e. The molecule has 4 rings (SSSR count). The number of fused-ring (bicyclic) bond motifs is 1. The lowest BCUT2D eigenvalue weighted by Gasteiger charge is -2.29. The van der Waals surface area contributed by atoms with Crippen molar-refractivity contribution < 1.29 is 14.3 Å². The van der Waals surface area contributed by atoms with Crippen LogP contribution in [0.3, 0.4) is 0 Å². The quantitative estimate of drug-likeness (QED) is 0.786. The van der Waals surface area contributed by atoms with Crippen molar-refractivity contribution in [3.63, 3.8) is 0 Å². The Morgan fingerprint density at radius 3 is 2.69 bits per heavy atom. The Kier molecular flexibility index (Phi) is 4.31. The number of hydrogen-bond acceptors (Lipinski definition) is 4. The zero-order valence-electron chi connectivity index (χ0n) is 14.4. The molecule has 3 aromatic rings. The number of carbonyl (C=O) groups excluding carboxylic acids is 1. The Morgan fingerprint density at radius 1 is 1.15 bits per heavy atom. The molecule has 1 aliphatic rings. The van der Waals surface area contributed by atoms with Crippen LogP contribution in [-0.4, -0.2) is 47.3 Å². The summed E-state index contributed by atoms with van der Waals surface area (Å²) in [6.07, 6.45) is -0.213. The number of benzene rings is 2. The molecule has 0 spiro atoms. The van der Waals surface area contributed by atoms with Crippen LogP contribution in [0.25, 0.3) is 11.3 Å². The average molecular weight is 349 g/mol. The zero-order valence-corrected chi connectivity index (χ0v) is 14.4. The molecule has 0 aliphatic carbocycles. The van der Waals surface area contributed by atoms with Gasteiger partial charge in [0.25, 0.3) is 5.91 Å². The minimum atomic E-state index is -0.213. The first-order valence-electron chi connectivity index (χ1n) is 8.45. The second kappa shape index (κ2) is 6.92. The van der Waals surface area contributed by atoms with Crippen molar-refractivity contribution in [2.75, 3.05) is 20.2 Å². The van der Waals surface area contributed by atoms with Crippen LogP contribution in [0.4, 0.5) is 0 Å². The van der Waals surface area contributed by atoms with Gasteiger partial charge >= 0.3 is 0 Å². The summed E-state index contributed by atoms with van der Waals surface area (Å²) in [6.45, 7) is 0.833. The molecular weight excluding hydrogens is 330 g/mol. The second-order valence-corrected chi connectivity index (χ2v) is 6.22. The van der Waals surface area contributed by atoms with E-state index in [-0.39, 0.29) is 12.0 Å². The predicted molar refractivity (Wildman–Crippen MR) is 97.3 cm³/mol. The number of aromatic nitrogens is 2. The van der Waals surface area contributed by atoms with Gasteiger partial charge in [-0.1, -0.05) is 42.5 Å². The predicted octanol–water partition coefficient (Wildman–Crippen LogP) is 2.99. The van der Waals surface area contributed by atoms with E-state index < -0.39 is 0 Å². The largest absolute Gasteiger partial charge is 0.486 e. The maximum atomic E-state index is 12.7. The summed E-state index contributed by atoms with van der Waals surface area (Å²) >= 11 is 0. The van der Waals surface area contributed by atoms with Crippen LogP contribution in [0.1, 0.15) is 10.5 Å². The number of amides is 1. The molecule has 26 heavy (non-hydrogen) atoms. The van der Waals surface area contributed by atoms with Crippen LogP contribution in [0.2, 0.25) is 0 Å². The molecule has 0 saturated carbocycles. The van der Waals surface area contributed by atoms with E-state index in [1.807, 2.05) is 54.6 Å². The Balaban J connectivity index is 1.42. The third-order valence-corrected chi connectivity index (χ3v) is 4.27. The van der Waals surface area contributed by atoms with Crippen LogP contribution >= 0.6 is 0 Å². The number of H-pyrrole nitrogens is 1.